The summed E-state index contributed by atoms with van der Waals surface area (Å²) in [5, 5.41) is 6.54. The minimum absolute atomic E-state index is 0. The molecule has 1 aliphatic heterocycles. The Balaban J connectivity index is 0.00000288. The molecule has 0 atom stereocenters. The zero-order valence-corrected chi connectivity index (χ0v) is 16.9. The molecular weight excluding hydrogens is 419 g/mol. The van der Waals surface area contributed by atoms with Crippen LogP contribution in [0.25, 0.3) is 0 Å². The molecule has 136 valence electrons. The van der Waals surface area contributed by atoms with Gasteiger partial charge in [-0.05, 0) is 24.6 Å². The average molecular weight is 448 g/mol. The molecule has 1 aromatic carbocycles. The van der Waals surface area contributed by atoms with Crippen molar-refractivity contribution in [1.82, 2.24) is 10.6 Å². The van der Waals surface area contributed by atoms with E-state index in [1.54, 1.807) is 7.05 Å². The lowest BCUT2D eigenvalue weighted by atomic mass is 10.2. The standard InChI is InChI=1S/C17H28N4O2.HI/c1-3-22-11-8-19-17(18-2)20-14-15-4-6-16(7-5-15)21-9-12-23-13-10-21;/h4-7H,3,8-14H2,1-2H3,(H2,18,19,20);1H. The first-order valence-electron chi connectivity index (χ1n) is 8.27. The predicted molar refractivity (Wildman–Crippen MR) is 110 cm³/mol. The van der Waals surface area contributed by atoms with Crippen LogP contribution in [0.1, 0.15) is 12.5 Å². The van der Waals surface area contributed by atoms with Crippen molar-refractivity contribution in [3.05, 3.63) is 29.8 Å². The Morgan fingerprint density at radius 2 is 1.92 bits per heavy atom. The van der Waals surface area contributed by atoms with E-state index in [1.807, 2.05) is 6.92 Å². The number of anilines is 1. The van der Waals surface area contributed by atoms with Gasteiger partial charge < -0.3 is 25.0 Å². The van der Waals surface area contributed by atoms with E-state index in [4.69, 9.17) is 9.47 Å². The highest BCUT2D eigenvalue weighted by atomic mass is 127. The highest BCUT2D eigenvalue weighted by molar-refractivity contribution is 14.0. The van der Waals surface area contributed by atoms with E-state index in [-0.39, 0.29) is 24.0 Å². The summed E-state index contributed by atoms with van der Waals surface area (Å²) in [5.74, 6) is 0.793. The van der Waals surface area contributed by atoms with E-state index in [9.17, 15) is 0 Å². The fraction of sp³-hybridized carbons (Fsp3) is 0.588. The summed E-state index contributed by atoms with van der Waals surface area (Å²) in [6, 6.07) is 8.66. The van der Waals surface area contributed by atoms with Gasteiger partial charge in [0.05, 0.1) is 19.8 Å². The van der Waals surface area contributed by atoms with Crippen LogP contribution in [0, 0.1) is 0 Å². The number of halogens is 1. The topological polar surface area (TPSA) is 58.1 Å². The number of benzene rings is 1. The first-order chi connectivity index (χ1) is 11.3. The van der Waals surface area contributed by atoms with Crippen molar-refractivity contribution < 1.29 is 9.47 Å². The largest absolute Gasteiger partial charge is 0.380 e. The number of hydrogen-bond acceptors (Lipinski definition) is 4. The molecule has 1 aromatic rings. The predicted octanol–water partition coefficient (Wildman–Crippen LogP) is 1.84. The molecule has 0 amide bonds. The molecule has 0 aromatic heterocycles. The highest BCUT2D eigenvalue weighted by Gasteiger charge is 2.10. The van der Waals surface area contributed by atoms with Crippen molar-refractivity contribution in [2.45, 2.75) is 13.5 Å². The average Bonchev–Trinajstić information content (AvgIpc) is 2.62. The van der Waals surface area contributed by atoms with Crippen LogP contribution in [0.2, 0.25) is 0 Å². The molecule has 2 rings (SSSR count). The lowest BCUT2D eigenvalue weighted by molar-refractivity contribution is 0.122. The number of hydrogen-bond donors (Lipinski definition) is 2. The Hall–Kier alpha value is -1.06. The SMILES string of the molecule is CCOCCNC(=NC)NCc1ccc(N2CCOCC2)cc1.I. The second kappa shape index (κ2) is 12.3. The minimum Gasteiger partial charge on any atom is -0.380 e. The zero-order valence-electron chi connectivity index (χ0n) is 14.6. The van der Waals surface area contributed by atoms with Crippen LogP contribution >= 0.6 is 24.0 Å². The number of rotatable bonds is 7. The molecule has 1 fully saturated rings. The monoisotopic (exact) mass is 448 g/mol. The maximum absolute atomic E-state index is 5.39. The smallest absolute Gasteiger partial charge is 0.191 e. The van der Waals surface area contributed by atoms with E-state index in [1.165, 1.54) is 11.3 Å². The van der Waals surface area contributed by atoms with Gasteiger partial charge in [0, 0.05) is 45.5 Å². The van der Waals surface area contributed by atoms with Gasteiger partial charge in [0.2, 0.25) is 0 Å². The van der Waals surface area contributed by atoms with Crippen LogP contribution in [0.4, 0.5) is 5.69 Å². The summed E-state index contributed by atoms with van der Waals surface area (Å²) in [6.07, 6.45) is 0. The summed E-state index contributed by atoms with van der Waals surface area (Å²) >= 11 is 0. The Bertz CT molecular complexity index is 476. The lowest BCUT2D eigenvalue weighted by Crippen LogP contribution is -2.38. The first kappa shape index (κ1) is 21.0. The second-order valence-corrected chi connectivity index (χ2v) is 5.32. The lowest BCUT2D eigenvalue weighted by Gasteiger charge is -2.28. The number of ether oxygens (including phenoxy) is 2. The van der Waals surface area contributed by atoms with Crippen molar-refractivity contribution >= 4 is 35.6 Å². The quantitative estimate of drug-likeness (QED) is 0.289. The molecule has 1 saturated heterocycles. The molecule has 1 aliphatic rings. The van der Waals surface area contributed by atoms with Crippen molar-refractivity contribution in [2.75, 3.05) is 58.0 Å². The van der Waals surface area contributed by atoms with Gasteiger partial charge in [-0.1, -0.05) is 12.1 Å². The van der Waals surface area contributed by atoms with Crippen molar-refractivity contribution in [2.24, 2.45) is 4.99 Å². The number of aliphatic imine (C=N–C) groups is 1. The fourth-order valence-electron chi connectivity index (χ4n) is 2.44. The van der Waals surface area contributed by atoms with E-state index in [0.717, 1.165) is 52.0 Å². The van der Waals surface area contributed by atoms with Gasteiger partial charge in [0.25, 0.3) is 0 Å². The Morgan fingerprint density at radius 1 is 1.21 bits per heavy atom. The van der Waals surface area contributed by atoms with Gasteiger partial charge in [0.15, 0.2) is 5.96 Å². The third-order valence-electron chi connectivity index (χ3n) is 3.74. The maximum atomic E-state index is 5.39. The van der Waals surface area contributed by atoms with Crippen LogP contribution in [0.5, 0.6) is 0 Å². The van der Waals surface area contributed by atoms with Crippen molar-refractivity contribution in [1.29, 1.82) is 0 Å². The van der Waals surface area contributed by atoms with Gasteiger partial charge in [-0.25, -0.2) is 0 Å². The molecule has 0 radical (unpaired) electrons. The first-order valence-corrected chi connectivity index (χ1v) is 8.27. The molecule has 0 unspecified atom stereocenters. The third-order valence-corrected chi connectivity index (χ3v) is 3.74. The Labute approximate surface area is 162 Å². The molecule has 0 bridgehead atoms. The van der Waals surface area contributed by atoms with Crippen LogP contribution in [-0.2, 0) is 16.0 Å². The minimum atomic E-state index is 0. The Morgan fingerprint density at radius 3 is 2.54 bits per heavy atom. The van der Waals surface area contributed by atoms with Gasteiger partial charge in [-0.15, -0.1) is 24.0 Å². The molecule has 7 heteroatoms. The molecule has 0 spiro atoms. The number of morpholine rings is 1. The van der Waals surface area contributed by atoms with Gasteiger partial charge in [0.1, 0.15) is 0 Å². The zero-order chi connectivity index (χ0) is 16.3. The van der Waals surface area contributed by atoms with E-state index in [0.29, 0.717) is 6.61 Å². The summed E-state index contributed by atoms with van der Waals surface area (Å²) in [5.41, 5.74) is 2.49. The summed E-state index contributed by atoms with van der Waals surface area (Å²) < 4.78 is 10.7. The van der Waals surface area contributed by atoms with Gasteiger partial charge >= 0.3 is 0 Å². The van der Waals surface area contributed by atoms with E-state index in [2.05, 4.69) is 44.8 Å². The number of nitrogens with one attached hydrogen (secondary N) is 2. The maximum Gasteiger partial charge on any atom is 0.191 e. The van der Waals surface area contributed by atoms with Crippen LogP contribution in [-0.4, -0.2) is 59.1 Å². The number of nitrogens with zero attached hydrogens (tertiary/aromatic N) is 2. The Kier molecular flexibility index (Phi) is 10.8. The fourth-order valence-corrected chi connectivity index (χ4v) is 2.44. The highest BCUT2D eigenvalue weighted by Crippen LogP contribution is 2.16. The van der Waals surface area contributed by atoms with Crippen LogP contribution in [0.3, 0.4) is 0 Å². The molecule has 24 heavy (non-hydrogen) atoms. The van der Waals surface area contributed by atoms with Gasteiger partial charge in [-0.3, -0.25) is 4.99 Å². The van der Waals surface area contributed by atoms with Crippen LogP contribution in [0.15, 0.2) is 29.3 Å². The molecule has 0 saturated carbocycles. The van der Waals surface area contributed by atoms with Crippen LogP contribution < -0.4 is 15.5 Å². The summed E-state index contributed by atoms with van der Waals surface area (Å²) in [4.78, 5) is 6.56. The normalized spacial score (nSPS) is 14.9. The van der Waals surface area contributed by atoms with Gasteiger partial charge in [-0.2, -0.15) is 0 Å². The van der Waals surface area contributed by atoms with Crippen molar-refractivity contribution in [3.63, 3.8) is 0 Å². The molecule has 0 aliphatic carbocycles. The van der Waals surface area contributed by atoms with E-state index < -0.39 is 0 Å². The third kappa shape index (κ3) is 7.23. The molecule has 1 heterocycles. The summed E-state index contributed by atoms with van der Waals surface area (Å²) in [7, 11) is 1.78. The van der Waals surface area contributed by atoms with Crippen molar-refractivity contribution in [3.8, 4) is 0 Å². The van der Waals surface area contributed by atoms with E-state index >= 15 is 0 Å². The summed E-state index contributed by atoms with van der Waals surface area (Å²) in [6.45, 7) is 8.48. The molecule has 6 nitrogen and oxygen atoms in total. The number of guanidine groups is 1. The molecular formula is C17H29IN4O2. The molecule has 2 N–H and O–H groups in total. The second-order valence-electron chi connectivity index (χ2n) is 5.32.